The summed E-state index contributed by atoms with van der Waals surface area (Å²) in [4.78, 5) is 0. The number of ether oxygens (including phenoxy) is 2. The van der Waals surface area contributed by atoms with E-state index in [1.807, 2.05) is 32.0 Å². The minimum absolute atomic E-state index is 0. The maximum absolute atomic E-state index is 5.50. The van der Waals surface area contributed by atoms with E-state index in [9.17, 15) is 0 Å². The van der Waals surface area contributed by atoms with Gasteiger partial charge in [0.25, 0.3) is 0 Å². The molecule has 0 amide bonds. The van der Waals surface area contributed by atoms with E-state index in [0.29, 0.717) is 13.2 Å². The van der Waals surface area contributed by atoms with Crippen LogP contribution in [0.5, 0.6) is 0 Å². The van der Waals surface area contributed by atoms with Crippen molar-refractivity contribution >= 4 is 32.9 Å². The van der Waals surface area contributed by atoms with Gasteiger partial charge in [-0.2, -0.15) is 0 Å². The summed E-state index contributed by atoms with van der Waals surface area (Å²) in [6, 6.07) is 8.14. The number of rotatable bonds is 6. The molecule has 0 aromatic heterocycles. The number of halogens is 2. The van der Waals surface area contributed by atoms with Gasteiger partial charge in [0.05, 0.1) is 0 Å². The first-order valence-corrected chi connectivity index (χ1v) is 6.03. The first kappa shape index (κ1) is 16.1. The zero-order valence-electron chi connectivity index (χ0n) is 9.61. The highest BCUT2D eigenvalue weighted by Gasteiger charge is 2.10. The van der Waals surface area contributed by atoms with Gasteiger partial charge in [0.2, 0.25) is 0 Å². The summed E-state index contributed by atoms with van der Waals surface area (Å²) in [5, 5.41) is 0. The normalized spacial score (nSPS) is 10.2. The van der Waals surface area contributed by atoms with Gasteiger partial charge in [-0.25, -0.2) is 0 Å². The molecule has 1 rings (SSSR count). The summed E-state index contributed by atoms with van der Waals surface area (Å²) in [7, 11) is 0. The quantitative estimate of drug-likeness (QED) is 0.720. The van der Waals surface area contributed by atoms with Gasteiger partial charge in [0.15, 0.2) is 6.29 Å². The average molecular weight is 354 g/mol. The molecule has 4 heteroatoms. The maximum Gasteiger partial charge on any atom is 0.161 e. The highest BCUT2D eigenvalue weighted by atomic mass is 79.9. The Morgan fingerprint density at radius 3 is 2.19 bits per heavy atom. The lowest BCUT2D eigenvalue weighted by Gasteiger charge is -2.17. The standard InChI is InChI=1S/C12H17BrO2.BrH/c1-3-14-12(15-4-2)9-10-7-5-6-8-11(10)13;/h5-8,12H,3-4,9H2,1-2H3;1H. The molecule has 92 valence electrons. The van der Waals surface area contributed by atoms with Gasteiger partial charge in [-0.05, 0) is 25.5 Å². The van der Waals surface area contributed by atoms with Crippen LogP contribution in [0.1, 0.15) is 19.4 Å². The molecule has 0 bridgehead atoms. The Balaban J connectivity index is 0.00000225. The van der Waals surface area contributed by atoms with Crippen LogP contribution in [0.2, 0.25) is 0 Å². The summed E-state index contributed by atoms with van der Waals surface area (Å²) in [6.07, 6.45) is 0.641. The minimum atomic E-state index is -0.140. The van der Waals surface area contributed by atoms with Crippen LogP contribution >= 0.6 is 32.9 Å². The summed E-state index contributed by atoms with van der Waals surface area (Å²) in [6.45, 7) is 5.31. The molecule has 0 N–H and O–H groups in total. The average Bonchev–Trinajstić information content (AvgIpc) is 2.22. The molecule has 0 spiro atoms. The van der Waals surface area contributed by atoms with Crippen molar-refractivity contribution < 1.29 is 9.47 Å². The predicted octanol–water partition coefficient (Wildman–Crippen LogP) is 3.97. The highest BCUT2D eigenvalue weighted by molar-refractivity contribution is 9.10. The molecule has 0 fully saturated rings. The minimum Gasteiger partial charge on any atom is -0.353 e. The molecule has 0 heterocycles. The molecule has 1 aromatic rings. The Kier molecular flexibility index (Phi) is 9.22. The fourth-order valence-electron chi connectivity index (χ4n) is 1.38. The van der Waals surface area contributed by atoms with Crippen molar-refractivity contribution in [1.29, 1.82) is 0 Å². The molecule has 0 saturated carbocycles. The van der Waals surface area contributed by atoms with Crippen molar-refractivity contribution in [2.24, 2.45) is 0 Å². The van der Waals surface area contributed by atoms with E-state index in [1.54, 1.807) is 0 Å². The second kappa shape index (κ2) is 9.16. The van der Waals surface area contributed by atoms with E-state index < -0.39 is 0 Å². The lowest BCUT2D eigenvalue weighted by atomic mass is 10.1. The van der Waals surface area contributed by atoms with Crippen molar-refractivity contribution in [2.45, 2.75) is 26.6 Å². The third-order valence-electron chi connectivity index (χ3n) is 2.05. The molecule has 16 heavy (non-hydrogen) atoms. The molecule has 1 aromatic carbocycles. The van der Waals surface area contributed by atoms with Crippen LogP contribution < -0.4 is 0 Å². The molecule has 0 aliphatic carbocycles. The smallest absolute Gasteiger partial charge is 0.161 e. The second-order valence-corrected chi connectivity index (χ2v) is 3.99. The molecule has 0 unspecified atom stereocenters. The van der Waals surface area contributed by atoms with Gasteiger partial charge >= 0.3 is 0 Å². The summed E-state index contributed by atoms with van der Waals surface area (Å²) in [5.41, 5.74) is 1.21. The van der Waals surface area contributed by atoms with E-state index in [-0.39, 0.29) is 23.3 Å². The van der Waals surface area contributed by atoms with Crippen LogP contribution in [0.4, 0.5) is 0 Å². The van der Waals surface area contributed by atoms with Crippen LogP contribution in [0.25, 0.3) is 0 Å². The zero-order valence-corrected chi connectivity index (χ0v) is 12.9. The molecule has 2 nitrogen and oxygen atoms in total. The van der Waals surface area contributed by atoms with Crippen LogP contribution in [-0.2, 0) is 15.9 Å². The van der Waals surface area contributed by atoms with E-state index in [4.69, 9.17) is 9.47 Å². The Morgan fingerprint density at radius 2 is 1.69 bits per heavy atom. The molecular weight excluding hydrogens is 336 g/mol. The largest absolute Gasteiger partial charge is 0.353 e. The molecule has 0 aliphatic rings. The van der Waals surface area contributed by atoms with Gasteiger partial charge in [0.1, 0.15) is 0 Å². The van der Waals surface area contributed by atoms with Crippen molar-refractivity contribution in [2.75, 3.05) is 13.2 Å². The van der Waals surface area contributed by atoms with Crippen molar-refractivity contribution in [1.82, 2.24) is 0 Å². The van der Waals surface area contributed by atoms with Gasteiger partial charge in [0, 0.05) is 24.1 Å². The van der Waals surface area contributed by atoms with E-state index in [1.165, 1.54) is 5.56 Å². The molecular formula is C12H18Br2O2. The summed E-state index contributed by atoms with van der Waals surface area (Å²) in [5.74, 6) is 0. The highest BCUT2D eigenvalue weighted by Crippen LogP contribution is 2.18. The summed E-state index contributed by atoms with van der Waals surface area (Å²) >= 11 is 3.52. The second-order valence-electron chi connectivity index (χ2n) is 3.14. The Bertz CT molecular complexity index is 286. The van der Waals surface area contributed by atoms with Gasteiger partial charge < -0.3 is 9.47 Å². The van der Waals surface area contributed by atoms with E-state index in [0.717, 1.165) is 10.9 Å². The van der Waals surface area contributed by atoms with Crippen LogP contribution in [0.15, 0.2) is 28.7 Å². The lowest BCUT2D eigenvalue weighted by molar-refractivity contribution is -0.134. The fraction of sp³-hybridized carbons (Fsp3) is 0.500. The Morgan fingerprint density at radius 1 is 1.12 bits per heavy atom. The number of hydrogen-bond donors (Lipinski definition) is 0. The van der Waals surface area contributed by atoms with E-state index in [2.05, 4.69) is 22.0 Å². The van der Waals surface area contributed by atoms with Gasteiger partial charge in [-0.3, -0.25) is 0 Å². The first-order chi connectivity index (χ1) is 7.27. The first-order valence-electron chi connectivity index (χ1n) is 5.24. The van der Waals surface area contributed by atoms with E-state index >= 15 is 0 Å². The van der Waals surface area contributed by atoms with Crippen molar-refractivity contribution in [3.8, 4) is 0 Å². The fourth-order valence-corrected chi connectivity index (χ4v) is 1.83. The Labute approximate surface area is 116 Å². The molecule has 0 aliphatic heterocycles. The van der Waals surface area contributed by atoms with Crippen LogP contribution in [0, 0.1) is 0 Å². The predicted molar refractivity (Wildman–Crippen MR) is 75.2 cm³/mol. The third-order valence-corrected chi connectivity index (χ3v) is 2.82. The Hall–Kier alpha value is 0.1000. The third kappa shape index (κ3) is 5.43. The number of hydrogen-bond acceptors (Lipinski definition) is 2. The van der Waals surface area contributed by atoms with Gasteiger partial charge in [-0.1, -0.05) is 34.1 Å². The zero-order chi connectivity index (χ0) is 11.1. The van der Waals surface area contributed by atoms with Crippen molar-refractivity contribution in [3.63, 3.8) is 0 Å². The summed E-state index contributed by atoms with van der Waals surface area (Å²) < 4.78 is 12.1. The van der Waals surface area contributed by atoms with Crippen LogP contribution in [-0.4, -0.2) is 19.5 Å². The molecule has 0 radical (unpaired) electrons. The SMILES string of the molecule is Br.CCOC(Cc1ccccc1Br)OCC. The van der Waals surface area contributed by atoms with Gasteiger partial charge in [-0.15, -0.1) is 17.0 Å². The van der Waals surface area contributed by atoms with Crippen molar-refractivity contribution in [3.05, 3.63) is 34.3 Å². The van der Waals surface area contributed by atoms with Crippen LogP contribution in [0.3, 0.4) is 0 Å². The topological polar surface area (TPSA) is 18.5 Å². The lowest BCUT2D eigenvalue weighted by Crippen LogP contribution is -2.20. The maximum atomic E-state index is 5.50. The number of benzene rings is 1. The molecule has 0 atom stereocenters. The molecule has 0 saturated heterocycles. The monoisotopic (exact) mass is 352 g/mol.